The minimum atomic E-state index is -4.48. The van der Waals surface area contributed by atoms with E-state index in [4.69, 9.17) is 0 Å². The average Bonchev–Trinajstić information content (AvgIpc) is 2.88. The second-order valence-corrected chi connectivity index (χ2v) is 11.9. The Morgan fingerprint density at radius 3 is 1.43 bits per heavy atom. The maximum absolute atomic E-state index is 12.8. The van der Waals surface area contributed by atoms with Crippen LogP contribution < -0.4 is 15.9 Å². The van der Waals surface area contributed by atoms with Gasteiger partial charge in [0.15, 0.2) is 0 Å². The lowest BCUT2D eigenvalue weighted by Gasteiger charge is -2.25. The molecule has 5 heteroatoms. The van der Waals surface area contributed by atoms with Gasteiger partial charge in [-0.2, -0.15) is 8.42 Å². The Labute approximate surface area is 205 Å². The summed E-state index contributed by atoms with van der Waals surface area (Å²) in [6.45, 7) is 0. The van der Waals surface area contributed by atoms with Crippen LogP contribution in [0.2, 0.25) is 0 Å². The van der Waals surface area contributed by atoms with Crippen LogP contribution in [0.4, 0.5) is 0 Å². The van der Waals surface area contributed by atoms with Gasteiger partial charge in [-0.25, -0.2) is 0 Å². The van der Waals surface area contributed by atoms with E-state index in [1.165, 1.54) is 0 Å². The molecule has 0 heterocycles. The molecule has 0 aliphatic rings. The van der Waals surface area contributed by atoms with Gasteiger partial charge in [-0.15, -0.1) is 0 Å². The molecule has 0 saturated carbocycles. The molecule has 0 spiro atoms. The minimum Gasteiger partial charge on any atom is -0.282 e. The van der Waals surface area contributed by atoms with Crippen molar-refractivity contribution in [3.63, 3.8) is 0 Å². The highest BCUT2D eigenvalue weighted by atomic mass is 32.2. The topological polar surface area (TPSA) is 54.4 Å². The normalized spacial score (nSPS) is 12.1. The summed E-state index contributed by atoms with van der Waals surface area (Å²) in [5.41, 5.74) is 0. The highest BCUT2D eigenvalue weighted by molar-refractivity contribution is 7.88. The molecule has 3 nitrogen and oxygen atoms in total. The van der Waals surface area contributed by atoms with E-state index in [9.17, 15) is 13.0 Å². The Morgan fingerprint density at radius 2 is 0.914 bits per heavy atom. The first-order chi connectivity index (χ1) is 17.0. The molecule has 0 aliphatic heterocycles. The van der Waals surface area contributed by atoms with Crippen molar-refractivity contribution in [1.29, 1.82) is 0 Å². The van der Waals surface area contributed by atoms with Crippen LogP contribution in [0.5, 0.6) is 0 Å². The number of hydrogen-bond donors (Lipinski definition) is 1. The maximum atomic E-state index is 12.8. The Kier molecular flexibility index (Phi) is 5.38. The Balaban J connectivity index is 1.83. The first-order valence-corrected chi connectivity index (χ1v) is 14.1. The summed E-state index contributed by atoms with van der Waals surface area (Å²) < 4.78 is 35.9. The molecule has 0 unspecified atom stereocenters. The van der Waals surface area contributed by atoms with Crippen LogP contribution in [-0.2, 0) is 10.1 Å². The van der Waals surface area contributed by atoms with Gasteiger partial charge in [0.25, 0.3) is 10.1 Å². The zero-order chi connectivity index (χ0) is 24.0. The van der Waals surface area contributed by atoms with Crippen molar-refractivity contribution in [2.24, 2.45) is 0 Å². The number of fused-ring (bicyclic) bond motifs is 3. The number of benzene rings is 6. The lowest BCUT2D eigenvalue weighted by molar-refractivity contribution is 0.484. The molecular formula is C30H21O3PS. The Bertz CT molecular complexity index is 1750. The quantitative estimate of drug-likeness (QED) is 0.237. The first-order valence-electron chi connectivity index (χ1n) is 11.3. The summed E-state index contributed by atoms with van der Waals surface area (Å²) in [5.74, 6) is 0. The highest BCUT2D eigenvalue weighted by Gasteiger charge is 2.29. The molecule has 0 radical (unpaired) electrons. The lowest BCUT2D eigenvalue weighted by atomic mass is 10.1. The van der Waals surface area contributed by atoms with Gasteiger partial charge in [0.05, 0.1) is 0 Å². The van der Waals surface area contributed by atoms with E-state index in [2.05, 4.69) is 48.5 Å². The summed E-state index contributed by atoms with van der Waals surface area (Å²) in [4.78, 5) is -0.0387. The minimum absolute atomic E-state index is 0.0387. The van der Waals surface area contributed by atoms with Crippen molar-refractivity contribution in [2.45, 2.75) is 4.90 Å². The van der Waals surface area contributed by atoms with Crippen LogP contribution in [0.3, 0.4) is 0 Å². The largest absolute Gasteiger partial charge is 0.295 e. The summed E-state index contributed by atoms with van der Waals surface area (Å²) in [6.07, 6.45) is 0. The number of rotatable bonds is 4. The summed E-state index contributed by atoms with van der Waals surface area (Å²) in [7, 11) is -5.85. The highest BCUT2D eigenvalue weighted by Crippen LogP contribution is 2.42. The molecule has 6 rings (SSSR count). The van der Waals surface area contributed by atoms with Crippen molar-refractivity contribution in [3.8, 4) is 0 Å². The fraction of sp³-hybridized carbons (Fsp3) is 0. The second-order valence-electron chi connectivity index (χ2n) is 8.44. The van der Waals surface area contributed by atoms with Gasteiger partial charge in [0.2, 0.25) is 0 Å². The van der Waals surface area contributed by atoms with Crippen LogP contribution in [0.15, 0.2) is 126 Å². The molecule has 0 bridgehead atoms. The molecule has 0 saturated heterocycles. The van der Waals surface area contributed by atoms with E-state index in [0.717, 1.165) is 42.9 Å². The molecule has 6 aromatic carbocycles. The Morgan fingerprint density at radius 1 is 0.486 bits per heavy atom. The molecule has 0 atom stereocenters. The van der Waals surface area contributed by atoms with Crippen LogP contribution in [0.1, 0.15) is 0 Å². The van der Waals surface area contributed by atoms with E-state index >= 15 is 0 Å². The van der Waals surface area contributed by atoms with E-state index in [0.29, 0.717) is 5.30 Å². The van der Waals surface area contributed by atoms with Crippen LogP contribution >= 0.6 is 7.92 Å². The van der Waals surface area contributed by atoms with Gasteiger partial charge >= 0.3 is 0 Å². The molecule has 35 heavy (non-hydrogen) atoms. The molecule has 170 valence electrons. The summed E-state index contributed by atoms with van der Waals surface area (Å²) >= 11 is 0. The monoisotopic (exact) mass is 492 g/mol. The van der Waals surface area contributed by atoms with Crippen molar-refractivity contribution in [1.82, 2.24) is 0 Å². The Hall–Kier alpha value is -3.56. The first kappa shape index (κ1) is 21.9. The van der Waals surface area contributed by atoms with Crippen LogP contribution in [-0.4, -0.2) is 13.0 Å². The third kappa shape index (κ3) is 3.81. The molecule has 1 N–H and O–H groups in total. The average molecular weight is 493 g/mol. The molecule has 6 aromatic rings. The van der Waals surface area contributed by atoms with E-state index in [-0.39, 0.29) is 4.90 Å². The molecule has 0 aliphatic carbocycles. The zero-order valence-electron chi connectivity index (χ0n) is 18.7. The maximum Gasteiger partial charge on any atom is 0.295 e. The van der Waals surface area contributed by atoms with E-state index in [1.54, 1.807) is 12.1 Å². The second kappa shape index (κ2) is 8.58. The summed E-state index contributed by atoms with van der Waals surface area (Å²) in [6, 6.07) is 39.8. The fourth-order valence-corrected chi connectivity index (χ4v) is 8.91. The summed E-state index contributed by atoms with van der Waals surface area (Å²) in [5, 5.41) is 8.83. The van der Waals surface area contributed by atoms with Crippen LogP contribution in [0, 0.1) is 0 Å². The van der Waals surface area contributed by atoms with E-state index < -0.39 is 18.0 Å². The smallest absolute Gasteiger partial charge is 0.282 e. The van der Waals surface area contributed by atoms with Crippen molar-refractivity contribution >= 4 is 66.3 Å². The van der Waals surface area contributed by atoms with Gasteiger partial charge in [0.1, 0.15) is 4.90 Å². The van der Waals surface area contributed by atoms with E-state index in [1.807, 2.05) is 60.7 Å². The van der Waals surface area contributed by atoms with Gasteiger partial charge in [0, 0.05) is 5.30 Å². The molecule has 0 fully saturated rings. The molecular weight excluding hydrogens is 471 g/mol. The lowest BCUT2D eigenvalue weighted by Crippen LogP contribution is -2.26. The van der Waals surface area contributed by atoms with Crippen molar-refractivity contribution in [3.05, 3.63) is 121 Å². The number of hydrogen-bond acceptors (Lipinski definition) is 2. The van der Waals surface area contributed by atoms with Crippen LogP contribution in [0.25, 0.3) is 32.3 Å². The van der Waals surface area contributed by atoms with Crippen molar-refractivity contribution < 1.29 is 13.0 Å². The third-order valence-electron chi connectivity index (χ3n) is 6.38. The third-order valence-corrected chi connectivity index (χ3v) is 10.1. The predicted molar refractivity (Wildman–Crippen MR) is 147 cm³/mol. The standard InChI is InChI=1S/C30H21O3PS/c31-35(32,33)29-20-19-23-11-3-6-16-26(23)30(29)34(27-17-7-12-21-9-1-4-14-24(21)27)28-18-8-13-22-10-2-5-15-25(22)28/h1-20H,(H,31,32,33). The predicted octanol–water partition coefficient (Wildman–Crippen LogP) is 6.15. The van der Waals surface area contributed by atoms with Gasteiger partial charge in [-0.3, -0.25) is 4.55 Å². The van der Waals surface area contributed by atoms with Gasteiger partial charge in [-0.05, 0) is 56.9 Å². The zero-order valence-corrected chi connectivity index (χ0v) is 20.4. The van der Waals surface area contributed by atoms with Crippen molar-refractivity contribution in [2.75, 3.05) is 0 Å². The van der Waals surface area contributed by atoms with Gasteiger partial charge < -0.3 is 0 Å². The SMILES string of the molecule is O=S(=O)(O)c1ccc2ccccc2c1P(c1cccc2ccccc12)c1cccc2ccccc12. The molecule has 0 aromatic heterocycles. The molecule has 0 amide bonds. The van der Waals surface area contributed by atoms with Gasteiger partial charge in [-0.1, -0.05) is 115 Å². The fourth-order valence-electron chi connectivity index (χ4n) is 4.85.